The van der Waals surface area contributed by atoms with Crippen LogP contribution in [0.25, 0.3) is 11.0 Å². The molecule has 2 heterocycles. The number of aliphatic imine (C=N–C) groups is 1. The van der Waals surface area contributed by atoms with Gasteiger partial charge in [-0.3, -0.25) is 4.99 Å². The number of fused-ring (bicyclic) bond motifs is 1. The van der Waals surface area contributed by atoms with Gasteiger partial charge in [-0.1, -0.05) is 23.7 Å². The van der Waals surface area contributed by atoms with Crippen molar-refractivity contribution in [3.8, 4) is 0 Å². The number of para-hydroxylation sites is 2. The number of aromatic amines is 1. The van der Waals surface area contributed by atoms with Crippen LogP contribution in [0.1, 0.15) is 24.9 Å². The van der Waals surface area contributed by atoms with Crippen LogP contribution in [0.3, 0.4) is 0 Å². The van der Waals surface area contributed by atoms with Crippen LogP contribution in [0.5, 0.6) is 0 Å². The lowest BCUT2D eigenvalue weighted by Gasteiger charge is -2.22. The number of hydrogen-bond acceptors (Lipinski definition) is 2. The standard InChI is InChI=1S/C20H27ClN6/c1-4-22-20(27(3)14-16-12-15(21)13-26(16)2)23-11-7-10-19-24-17-8-5-6-9-18(17)25-19/h5-6,8-9,12-13H,4,7,10-11,14H2,1-3H3,(H,22,23)(H,24,25). The van der Waals surface area contributed by atoms with Gasteiger partial charge in [-0.2, -0.15) is 0 Å². The van der Waals surface area contributed by atoms with Crippen LogP contribution in [0.4, 0.5) is 0 Å². The zero-order valence-electron chi connectivity index (χ0n) is 16.2. The summed E-state index contributed by atoms with van der Waals surface area (Å²) >= 11 is 6.09. The topological polar surface area (TPSA) is 61.2 Å². The summed E-state index contributed by atoms with van der Waals surface area (Å²) in [6.45, 7) is 4.41. The molecule has 0 radical (unpaired) electrons. The number of nitrogens with zero attached hydrogens (tertiary/aromatic N) is 4. The molecule has 0 aliphatic rings. The minimum absolute atomic E-state index is 0.748. The van der Waals surface area contributed by atoms with Crippen molar-refractivity contribution in [3.63, 3.8) is 0 Å². The third-order valence-corrected chi connectivity index (χ3v) is 4.65. The quantitative estimate of drug-likeness (QED) is 0.370. The van der Waals surface area contributed by atoms with Gasteiger partial charge in [-0.15, -0.1) is 0 Å². The van der Waals surface area contributed by atoms with E-state index in [9.17, 15) is 0 Å². The number of benzene rings is 1. The number of nitrogens with one attached hydrogen (secondary N) is 2. The highest BCUT2D eigenvalue weighted by Crippen LogP contribution is 2.14. The van der Waals surface area contributed by atoms with Gasteiger partial charge in [0.05, 0.1) is 22.6 Å². The molecule has 1 aromatic carbocycles. The molecule has 0 unspecified atom stereocenters. The van der Waals surface area contributed by atoms with Crippen LogP contribution in [0.15, 0.2) is 41.5 Å². The van der Waals surface area contributed by atoms with Gasteiger partial charge < -0.3 is 19.8 Å². The third-order valence-electron chi connectivity index (χ3n) is 4.44. The Morgan fingerprint density at radius 2 is 2.19 bits per heavy atom. The number of imidazole rings is 1. The molecule has 0 aliphatic carbocycles. The Hall–Kier alpha value is -2.47. The summed E-state index contributed by atoms with van der Waals surface area (Å²) in [5, 5.41) is 4.12. The van der Waals surface area contributed by atoms with E-state index in [1.807, 2.05) is 49.1 Å². The first-order valence-corrected chi connectivity index (χ1v) is 9.68. The van der Waals surface area contributed by atoms with Crippen LogP contribution in [-0.2, 0) is 20.0 Å². The van der Waals surface area contributed by atoms with Gasteiger partial charge >= 0.3 is 0 Å². The highest BCUT2D eigenvalue weighted by molar-refractivity contribution is 6.30. The van der Waals surface area contributed by atoms with E-state index in [1.54, 1.807) is 0 Å². The molecule has 3 rings (SSSR count). The molecule has 0 saturated heterocycles. The second-order valence-corrected chi connectivity index (χ2v) is 7.09. The van der Waals surface area contributed by atoms with Crippen LogP contribution >= 0.6 is 11.6 Å². The molecule has 0 bridgehead atoms. The lowest BCUT2D eigenvalue weighted by atomic mass is 10.3. The van der Waals surface area contributed by atoms with E-state index in [4.69, 9.17) is 16.6 Å². The van der Waals surface area contributed by atoms with E-state index < -0.39 is 0 Å². The van der Waals surface area contributed by atoms with Crippen molar-refractivity contribution in [3.05, 3.63) is 53.1 Å². The summed E-state index contributed by atoms with van der Waals surface area (Å²) < 4.78 is 2.05. The van der Waals surface area contributed by atoms with E-state index in [-0.39, 0.29) is 0 Å². The summed E-state index contributed by atoms with van der Waals surface area (Å²) in [6, 6.07) is 10.1. The Bertz CT molecular complexity index is 877. The number of H-pyrrole nitrogens is 1. The number of aromatic nitrogens is 3. The number of halogens is 1. The molecule has 0 spiro atoms. The zero-order valence-corrected chi connectivity index (χ0v) is 16.9. The van der Waals surface area contributed by atoms with Crippen LogP contribution in [0, 0.1) is 0 Å². The monoisotopic (exact) mass is 386 g/mol. The predicted molar refractivity (Wildman–Crippen MR) is 112 cm³/mol. The smallest absolute Gasteiger partial charge is 0.194 e. The number of hydrogen-bond donors (Lipinski definition) is 2. The first-order valence-electron chi connectivity index (χ1n) is 9.30. The summed E-state index contributed by atoms with van der Waals surface area (Å²) in [5.41, 5.74) is 3.26. The van der Waals surface area contributed by atoms with E-state index in [1.165, 1.54) is 0 Å². The van der Waals surface area contributed by atoms with Gasteiger partial charge in [0.1, 0.15) is 5.82 Å². The molecule has 2 N–H and O–H groups in total. The van der Waals surface area contributed by atoms with Crippen molar-refractivity contribution in [2.45, 2.75) is 26.3 Å². The van der Waals surface area contributed by atoms with E-state index in [0.717, 1.165) is 66.0 Å². The average molecular weight is 387 g/mol. The van der Waals surface area contributed by atoms with Gasteiger partial charge in [-0.05, 0) is 31.5 Å². The van der Waals surface area contributed by atoms with Gasteiger partial charge in [0.25, 0.3) is 0 Å². The predicted octanol–water partition coefficient (Wildman–Crippen LogP) is 3.58. The molecule has 7 heteroatoms. The van der Waals surface area contributed by atoms with Gasteiger partial charge in [0, 0.05) is 45.5 Å². The van der Waals surface area contributed by atoms with Crippen molar-refractivity contribution in [2.75, 3.05) is 20.1 Å². The Labute approximate surface area is 165 Å². The molecule has 6 nitrogen and oxygen atoms in total. The molecule has 0 atom stereocenters. The number of aryl methyl sites for hydroxylation is 2. The maximum atomic E-state index is 6.09. The van der Waals surface area contributed by atoms with Crippen LogP contribution < -0.4 is 5.32 Å². The Kier molecular flexibility index (Phi) is 6.40. The molecule has 0 saturated carbocycles. The average Bonchev–Trinajstić information content (AvgIpc) is 3.19. The highest BCUT2D eigenvalue weighted by Gasteiger charge is 2.09. The first-order chi connectivity index (χ1) is 13.1. The van der Waals surface area contributed by atoms with Crippen molar-refractivity contribution in [2.24, 2.45) is 12.0 Å². The molecule has 0 fully saturated rings. The van der Waals surface area contributed by atoms with Gasteiger partial charge in [0.15, 0.2) is 5.96 Å². The minimum Gasteiger partial charge on any atom is -0.357 e. The summed E-state index contributed by atoms with van der Waals surface area (Å²) in [6.07, 6.45) is 3.75. The van der Waals surface area contributed by atoms with Crippen molar-refractivity contribution < 1.29 is 0 Å². The Morgan fingerprint density at radius 1 is 1.37 bits per heavy atom. The largest absolute Gasteiger partial charge is 0.357 e. The van der Waals surface area contributed by atoms with Crippen LogP contribution in [-0.4, -0.2) is 45.5 Å². The molecule has 3 aromatic rings. The summed E-state index contributed by atoms with van der Waals surface area (Å²) in [4.78, 5) is 14.9. The minimum atomic E-state index is 0.748. The normalized spacial score (nSPS) is 11.9. The fraction of sp³-hybridized carbons (Fsp3) is 0.400. The maximum Gasteiger partial charge on any atom is 0.194 e. The van der Waals surface area contributed by atoms with Crippen LogP contribution in [0.2, 0.25) is 5.02 Å². The van der Waals surface area contributed by atoms with Crippen molar-refractivity contribution in [1.29, 1.82) is 0 Å². The SMILES string of the molecule is CCNC(=NCCCc1nc2ccccc2[nH]1)N(C)Cc1cc(Cl)cn1C. The second-order valence-electron chi connectivity index (χ2n) is 6.66. The fourth-order valence-electron chi connectivity index (χ4n) is 3.07. The number of rotatable bonds is 7. The van der Waals surface area contributed by atoms with Crippen molar-refractivity contribution >= 4 is 28.6 Å². The third kappa shape index (κ3) is 5.04. The molecule has 0 aliphatic heterocycles. The van der Waals surface area contributed by atoms with E-state index >= 15 is 0 Å². The summed E-state index contributed by atoms with van der Waals surface area (Å²) in [7, 11) is 4.05. The highest BCUT2D eigenvalue weighted by atomic mass is 35.5. The molecular formula is C20H27ClN6. The van der Waals surface area contributed by atoms with Crippen molar-refractivity contribution in [1.82, 2.24) is 24.8 Å². The number of guanidine groups is 1. The van der Waals surface area contributed by atoms with E-state index in [2.05, 4.69) is 33.2 Å². The Morgan fingerprint density at radius 3 is 2.89 bits per heavy atom. The molecule has 0 amide bonds. The van der Waals surface area contributed by atoms with E-state index in [0.29, 0.717) is 0 Å². The van der Waals surface area contributed by atoms with Gasteiger partial charge in [0.2, 0.25) is 0 Å². The fourth-order valence-corrected chi connectivity index (χ4v) is 3.34. The maximum absolute atomic E-state index is 6.09. The molecular weight excluding hydrogens is 360 g/mol. The summed E-state index contributed by atoms with van der Waals surface area (Å²) in [5.74, 6) is 1.92. The Balaban J connectivity index is 1.56. The zero-order chi connectivity index (χ0) is 19.2. The molecule has 27 heavy (non-hydrogen) atoms. The second kappa shape index (κ2) is 8.95. The molecule has 2 aromatic heterocycles. The van der Waals surface area contributed by atoms with Gasteiger partial charge in [-0.25, -0.2) is 4.98 Å². The molecule has 144 valence electrons. The lowest BCUT2D eigenvalue weighted by molar-refractivity contribution is 0.461. The lowest BCUT2D eigenvalue weighted by Crippen LogP contribution is -2.38. The first kappa shape index (κ1) is 19.3.